The standard InChI is InChI=1S/C17H20N2OS/c1-2-15(16-8-5-9-21-16)19-17(20)14-11-18-10-12-6-3-4-7-13(12)14/h3-9,14-15,18H,2,10-11H2,1H3,(H,19,20). The van der Waals surface area contributed by atoms with Crippen LogP contribution in [0.5, 0.6) is 0 Å². The number of hydrogen-bond donors (Lipinski definition) is 2. The number of hydrogen-bond acceptors (Lipinski definition) is 3. The summed E-state index contributed by atoms with van der Waals surface area (Å²) in [6.07, 6.45) is 0.911. The minimum Gasteiger partial charge on any atom is -0.348 e. The molecule has 1 aromatic heterocycles. The molecule has 3 rings (SSSR count). The Hall–Kier alpha value is -1.65. The highest BCUT2D eigenvalue weighted by atomic mass is 32.1. The highest BCUT2D eigenvalue weighted by Gasteiger charge is 2.27. The van der Waals surface area contributed by atoms with Gasteiger partial charge < -0.3 is 10.6 Å². The number of rotatable bonds is 4. The Morgan fingerprint density at radius 1 is 1.38 bits per heavy atom. The molecular weight excluding hydrogens is 280 g/mol. The summed E-state index contributed by atoms with van der Waals surface area (Å²) in [5, 5.41) is 8.61. The predicted octanol–water partition coefficient (Wildman–Crippen LogP) is 3.20. The molecular formula is C17H20N2OS. The van der Waals surface area contributed by atoms with Crippen molar-refractivity contribution in [2.24, 2.45) is 0 Å². The molecule has 1 aliphatic rings. The van der Waals surface area contributed by atoms with Crippen LogP contribution in [-0.4, -0.2) is 12.5 Å². The fourth-order valence-corrected chi connectivity index (χ4v) is 3.73. The van der Waals surface area contributed by atoms with Crippen molar-refractivity contribution in [1.82, 2.24) is 10.6 Å². The highest BCUT2D eigenvalue weighted by Crippen LogP contribution is 2.27. The summed E-state index contributed by atoms with van der Waals surface area (Å²) in [5.74, 6) is 0.0267. The Kier molecular flexibility index (Phi) is 4.36. The Balaban J connectivity index is 1.77. The summed E-state index contributed by atoms with van der Waals surface area (Å²) in [4.78, 5) is 13.9. The van der Waals surface area contributed by atoms with Crippen molar-refractivity contribution < 1.29 is 4.79 Å². The van der Waals surface area contributed by atoms with Gasteiger partial charge in [-0.05, 0) is 29.0 Å². The van der Waals surface area contributed by atoms with Crippen molar-refractivity contribution in [1.29, 1.82) is 0 Å². The minimum atomic E-state index is -0.0936. The van der Waals surface area contributed by atoms with Crippen molar-refractivity contribution in [3.8, 4) is 0 Å². The zero-order chi connectivity index (χ0) is 14.7. The van der Waals surface area contributed by atoms with Gasteiger partial charge in [0.2, 0.25) is 5.91 Å². The van der Waals surface area contributed by atoms with Crippen LogP contribution in [0.25, 0.3) is 0 Å². The lowest BCUT2D eigenvalue weighted by molar-refractivity contribution is -0.123. The number of carbonyl (C=O) groups excluding carboxylic acids is 1. The van der Waals surface area contributed by atoms with E-state index in [1.165, 1.54) is 10.4 Å². The van der Waals surface area contributed by atoms with Gasteiger partial charge in [0.1, 0.15) is 0 Å². The molecule has 0 saturated heterocycles. The van der Waals surface area contributed by atoms with Crippen molar-refractivity contribution >= 4 is 17.2 Å². The van der Waals surface area contributed by atoms with Gasteiger partial charge in [0, 0.05) is 18.0 Å². The van der Waals surface area contributed by atoms with Crippen LogP contribution in [0.3, 0.4) is 0 Å². The molecule has 0 fully saturated rings. The van der Waals surface area contributed by atoms with E-state index in [1.54, 1.807) is 11.3 Å². The topological polar surface area (TPSA) is 41.1 Å². The molecule has 2 atom stereocenters. The summed E-state index contributed by atoms with van der Waals surface area (Å²) in [6.45, 7) is 3.67. The Morgan fingerprint density at radius 2 is 2.24 bits per heavy atom. The first kappa shape index (κ1) is 14.3. The number of benzene rings is 1. The van der Waals surface area contributed by atoms with Crippen molar-refractivity contribution in [3.63, 3.8) is 0 Å². The number of carbonyl (C=O) groups is 1. The molecule has 0 radical (unpaired) electrons. The molecule has 1 aromatic carbocycles. The third-order valence-electron chi connectivity index (χ3n) is 4.02. The maximum atomic E-state index is 12.7. The zero-order valence-electron chi connectivity index (χ0n) is 12.1. The van der Waals surface area contributed by atoms with Gasteiger partial charge in [-0.2, -0.15) is 0 Å². The van der Waals surface area contributed by atoms with Crippen LogP contribution < -0.4 is 10.6 Å². The van der Waals surface area contributed by atoms with Crippen LogP contribution in [0.2, 0.25) is 0 Å². The highest BCUT2D eigenvalue weighted by molar-refractivity contribution is 7.10. The van der Waals surface area contributed by atoms with Gasteiger partial charge in [-0.15, -0.1) is 11.3 Å². The fourth-order valence-electron chi connectivity index (χ4n) is 2.87. The van der Waals surface area contributed by atoms with E-state index in [1.807, 2.05) is 18.2 Å². The van der Waals surface area contributed by atoms with Crippen molar-refractivity contribution in [2.75, 3.05) is 6.54 Å². The van der Waals surface area contributed by atoms with Gasteiger partial charge in [-0.3, -0.25) is 4.79 Å². The van der Waals surface area contributed by atoms with Gasteiger partial charge in [0.25, 0.3) is 0 Å². The minimum absolute atomic E-state index is 0.0936. The molecule has 2 unspecified atom stereocenters. The van der Waals surface area contributed by atoms with Gasteiger partial charge in [-0.1, -0.05) is 37.3 Å². The first-order valence-corrected chi connectivity index (χ1v) is 8.30. The molecule has 0 bridgehead atoms. The molecule has 0 saturated carbocycles. The van der Waals surface area contributed by atoms with E-state index in [4.69, 9.17) is 0 Å². The van der Waals surface area contributed by atoms with Crippen LogP contribution in [-0.2, 0) is 11.3 Å². The summed E-state index contributed by atoms with van der Waals surface area (Å²) in [7, 11) is 0. The summed E-state index contributed by atoms with van der Waals surface area (Å²) in [5.41, 5.74) is 2.39. The number of nitrogens with one attached hydrogen (secondary N) is 2. The van der Waals surface area contributed by atoms with Crippen LogP contribution in [0.4, 0.5) is 0 Å². The quantitative estimate of drug-likeness (QED) is 0.910. The Morgan fingerprint density at radius 3 is 3.00 bits per heavy atom. The molecule has 2 heterocycles. The van der Waals surface area contributed by atoms with Gasteiger partial charge >= 0.3 is 0 Å². The van der Waals surface area contributed by atoms with E-state index >= 15 is 0 Å². The van der Waals surface area contributed by atoms with Gasteiger partial charge in [-0.25, -0.2) is 0 Å². The molecule has 110 valence electrons. The van der Waals surface area contributed by atoms with E-state index in [9.17, 15) is 4.79 Å². The molecule has 1 aliphatic heterocycles. The second-order valence-electron chi connectivity index (χ2n) is 5.37. The lowest BCUT2D eigenvalue weighted by Crippen LogP contribution is -2.40. The fraction of sp³-hybridized carbons (Fsp3) is 0.353. The first-order valence-electron chi connectivity index (χ1n) is 7.42. The van der Waals surface area contributed by atoms with Crippen molar-refractivity contribution in [2.45, 2.75) is 31.8 Å². The molecule has 0 spiro atoms. The third-order valence-corrected chi connectivity index (χ3v) is 5.01. The van der Waals surface area contributed by atoms with E-state index in [2.05, 4.69) is 41.1 Å². The smallest absolute Gasteiger partial charge is 0.229 e. The van der Waals surface area contributed by atoms with Crippen molar-refractivity contribution in [3.05, 3.63) is 57.8 Å². The Labute approximate surface area is 129 Å². The van der Waals surface area contributed by atoms with Gasteiger partial charge in [0.15, 0.2) is 0 Å². The number of amides is 1. The molecule has 3 nitrogen and oxygen atoms in total. The summed E-state index contributed by atoms with van der Waals surface area (Å²) in [6, 6.07) is 12.5. The van der Waals surface area contributed by atoms with E-state index in [0.717, 1.165) is 18.5 Å². The lowest BCUT2D eigenvalue weighted by Gasteiger charge is -2.27. The monoisotopic (exact) mass is 300 g/mol. The molecule has 0 aliphatic carbocycles. The molecule has 4 heteroatoms. The Bertz CT molecular complexity index is 609. The molecule has 21 heavy (non-hydrogen) atoms. The van der Waals surface area contributed by atoms with E-state index in [0.29, 0.717) is 6.54 Å². The summed E-state index contributed by atoms with van der Waals surface area (Å²) >= 11 is 1.70. The molecule has 1 amide bonds. The largest absolute Gasteiger partial charge is 0.348 e. The molecule has 2 aromatic rings. The normalized spacial score (nSPS) is 18.8. The third kappa shape index (κ3) is 3.01. The maximum absolute atomic E-state index is 12.7. The predicted molar refractivity (Wildman–Crippen MR) is 86.4 cm³/mol. The number of thiophene rings is 1. The van der Waals surface area contributed by atoms with Gasteiger partial charge in [0.05, 0.1) is 12.0 Å². The lowest BCUT2D eigenvalue weighted by atomic mass is 9.90. The zero-order valence-corrected chi connectivity index (χ0v) is 13.0. The second-order valence-corrected chi connectivity index (χ2v) is 6.35. The average molecular weight is 300 g/mol. The van der Waals surface area contributed by atoms with E-state index in [-0.39, 0.29) is 17.9 Å². The van der Waals surface area contributed by atoms with Crippen LogP contribution >= 0.6 is 11.3 Å². The summed E-state index contributed by atoms with van der Waals surface area (Å²) < 4.78 is 0. The molecule has 2 N–H and O–H groups in total. The maximum Gasteiger partial charge on any atom is 0.229 e. The SMILES string of the molecule is CCC(NC(=O)C1CNCc2ccccc21)c1cccs1. The van der Waals surface area contributed by atoms with Crippen LogP contribution in [0.1, 0.15) is 41.3 Å². The van der Waals surface area contributed by atoms with E-state index < -0.39 is 0 Å². The van der Waals surface area contributed by atoms with Crippen LogP contribution in [0.15, 0.2) is 41.8 Å². The first-order chi connectivity index (χ1) is 10.3. The second kappa shape index (κ2) is 6.41. The van der Waals surface area contributed by atoms with Crippen LogP contribution in [0, 0.1) is 0 Å². The average Bonchev–Trinajstić information content (AvgIpc) is 3.06. The number of fused-ring (bicyclic) bond motifs is 1.